The number of furan rings is 1. The van der Waals surface area contributed by atoms with Gasteiger partial charge in [-0.15, -0.1) is 0 Å². The molecule has 0 aliphatic carbocycles. The van der Waals surface area contributed by atoms with E-state index in [9.17, 15) is 0 Å². The summed E-state index contributed by atoms with van der Waals surface area (Å²) in [6.45, 7) is 0. The summed E-state index contributed by atoms with van der Waals surface area (Å²) in [6, 6.07) is 65.3. The van der Waals surface area contributed by atoms with E-state index in [1.807, 2.05) is 42.5 Å². The van der Waals surface area contributed by atoms with E-state index in [1.54, 1.807) is 0 Å². The maximum atomic E-state index is 6.53. The Morgan fingerprint density at radius 3 is 1.60 bits per heavy atom. The smallest absolute Gasteiger partial charge is 0.164 e. The van der Waals surface area contributed by atoms with Gasteiger partial charge in [0.15, 0.2) is 17.5 Å². The van der Waals surface area contributed by atoms with Crippen molar-refractivity contribution in [1.82, 2.24) is 15.0 Å². The van der Waals surface area contributed by atoms with Crippen LogP contribution in [0.3, 0.4) is 0 Å². The molecule has 0 N–H and O–H groups in total. The van der Waals surface area contributed by atoms with Crippen LogP contribution in [-0.4, -0.2) is 15.0 Å². The number of benzene rings is 8. The highest BCUT2D eigenvalue weighted by Gasteiger charge is 2.17. The largest absolute Gasteiger partial charge is 0.456 e. The fourth-order valence-electron chi connectivity index (χ4n) is 7.23. The first kappa shape index (κ1) is 30.6. The topological polar surface area (TPSA) is 51.8 Å². The lowest BCUT2D eigenvalue weighted by Crippen LogP contribution is -2.00. The van der Waals surface area contributed by atoms with E-state index in [1.165, 1.54) is 27.5 Å². The van der Waals surface area contributed by atoms with Crippen molar-refractivity contribution in [2.75, 3.05) is 0 Å². The van der Waals surface area contributed by atoms with Gasteiger partial charge in [0.1, 0.15) is 11.2 Å². The van der Waals surface area contributed by atoms with E-state index in [-0.39, 0.29) is 0 Å². The van der Waals surface area contributed by atoms with Crippen LogP contribution in [0.1, 0.15) is 0 Å². The van der Waals surface area contributed by atoms with Crippen LogP contribution in [0, 0.1) is 0 Å². The number of fused-ring (bicyclic) bond motifs is 4. The summed E-state index contributed by atoms with van der Waals surface area (Å²) in [5, 5.41) is 4.59. The molecule has 0 saturated carbocycles. The SMILES string of the molecule is c1ccc(-c2cccc(-c3cccc4oc5cc(-c6nc(-c7ccccc7)nc(-c7ccc(-c8ccc9ccccc9c8)cc7)n6)ccc5c34)c2)cc1. The maximum Gasteiger partial charge on any atom is 0.164 e. The van der Waals surface area contributed by atoms with Gasteiger partial charge in [0.05, 0.1) is 0 Å². The van der Waals surface area contributed by atoms with Crippen molar-refractivity contribution in [2.45, 2.75) is 0 Å². The van der Waals surface area contributed by atoms with E-state index < -0.39 is 0 Å². The normalized spacial score (nSPS) is 11.4. The van der Waals surface area contributed by atoms with Crippen LogP contribution in [0.15, 0.2) is 192 Å². The van der Waals surface area contributed by atoms with E-state index >= 15 is 0 Å². The van der Waals surface area contributed by atoms with Crippen molar-refractivity contribution in [3.8, 4) is 67.5 Å². The fraction of sp³-hybridized carbons (Fsp3) is 0. The van der Waals surface area contributed by atoms with Crippen molar-refractivity contribution in [1.29, 1.82) is 0 Å². The number of rotatable bonds is 6. The fourth-order valence-corrected chi connectivity index (χ4v) is 7.23. The third-order valence-electron chi connectivity index (χ3n) is 9.93. The molecule has 0 aliphatic rings. The van der Waals surface area contributed by atoms with Crippen LogP contribution in [0.5, 0.6) is 0 Å². The van der Waals surface area contributed by atoms with E-state index in [4.69, 9.17) is 19.4 Å². The molecular formula is C49H31N3O. The summed E-state index contributed by atoms with van der Waals surface area (Å²) < 4.78 is 6.53. The summed E-state index contributed by atoms with van der Waals surface area (Å²) in [6.07, 6.45) is 0. The van der Waals surface area contributed by atoms with Gasteiger partial charge in [0.2, 0.25) is 0 Å². The number of aromatic nitrogens is 3. The summed E-state index contributed by atoms with van der Waals surface area (Å²) >= 11 is 0. The van der Waals surface area contributed by atoms with Crippen LogP contribution in [-0.2, 0) is 0 Å². The monoisotopic (exact) mass is 677 g/mol. The van der Waals surface area contributed by atoms with Gasteiger partial charge in [-0.2, -0.15) is 0 Å². The lowest BCUT2D eigenvalue weighted by atomic mass is 9.96. The average molecular weight is 678 g/mol. The van der Waals surface area contributed by atoms with Gasteiger partial charge >= 0.3 is 0 Å². The van der Waals surface area contributed by atoms with E-state index in [2.05, 4.69) is 146 Å². The zero-order chi connectivity index (χ0) is 35.1. The Morgan fingerprint density at radius 1 is 0.302 bits per heavy atom. The van der Waals surface area contributed by atoms with Crippen LogP contribution in [0.4, 0.5) is 0 Å². The van der Waals surface area contributed by atoms with Crippen molar-refractivity contribution >= 4 is 32.7 Å². The molecule has 0 aliphatic heterocycles. The zero-order valence-electron chi connectivity index (χ0n) is 28.6. The summed E-state index contributed by atoms with van der Waals surface area (Å²) in [5.74, 6) is 1.82. The molecule has 0 bridgehead atoms. The van der Waals surface area contributed by atoms with Crippen LogP contribution in [0.25, 0.3) is 100 Å². The van der Waals surface area contributed by atoms with Gasteiger partial charge in [-0.05, 0) is 74.5 Å². The Bertz CT molecular complexity index is 2930. The lowest BCUT2D eigenvalue weighted by Gasteiger charge is -2.10. The summed E-state index contributed by atoms with van der Waals surface area (Å²) in [7, 11) is 0. The Hall–Kier alpha value is -7.17. The van der Waals surface area contributed by atoms with E-state index in [0.29, 0.717) is 17.5 Å². The second kappa shape index (κ2) is 12.9. The molecule has 0 radical (unpaired) electrons. The molecule has 0 amide bonds. The molecule has 248 valence electrons. The predicted octanol–water partition coefficient (Wildman–Crippen LogP) is 12.9. The first-order valence-electron chi connectivity index (χ1n) is 17.8. The molecule has 4 heteroatoms. The lowest BCUT2D eigenvalue weighted by molar-refractivity contribution is 0.669. The predicted molar refractivity (Wildman–Crippen MR) is 217 cm³/mol. The van der Waals surface area contributed by atoms with Crippen LogP contribution < -0.4 is 0 Å². The molecule has 2 heterocycles. The van der Waals surface area contributed by atoms with Crippen molar-refractivity contribution in [2.24, 2.45) is 0 Å². The molecule has 53 heavy (non-hydrogen) atoms. The highest BCUT2D eigenvalue weighted by molar-refractivity contribution is 6.13. The first-order valence-corrected chi connectivity index (χ1v) is 17.8. The second-order valence-electron chi connectivity index (χ2n) is 13.3. The third-order valence-corrected chi connectivity index (χ3v) is 9.93. The maximum absolute atomic E-state index is 6.53. The molecule has 8 aromatic carbocycles. The zero-order valence-corrected chi connectivity index (χ0v) is 28.6. The minimum Gasteiger partial charge on any atom is -0.456 e. The molecule has 10 aromatic rings. The van der Waals surface area contributed by atoms with Gasteiger partial charge in [-0.3, -0.25) is 0 Å². The van der Waals surface area contributed by atoms with Gasteiger partial charge in [-0.1, -0.05) is 158 Å². The van der Waals surface area contributed by atoms with Gasteiger partial charge in [0, 0.05) is 27.5 Å². The van der Waals surface area contributed by atoms with Crippen molar-refractivity contribution in [3.05, 3.63) is 188 Å². The molecule has 4 nitrogen and oxygen atoms in total. The van der Waals surface area contributed by atoms with E-state index in [0.717, 1.165) is 55.3 Å². The highest BCUT2D eigenvalue weighted by Crippen LogP contribution is 2.39. The van der Waals surface area contributed by atoms with Crippen LogP contribution in [0.2, 0.25) is 0 Å². The Balaban J connectivity index is 1.05. The molecule has 0 fully saturated rings. The summed E-state index contributed by atoms with van der Waals surface area (Å²) in [4.78, 5) is 15.0. The molecule has 0 saturated heterocycles. The quantitative estimate of drug-likeness (QED) is 0.176. The van der Waals surface area contributed by atoms with Crippen LogP contribution >= 0.6 is 0 Å². The molecular weight excluding hydrogens is 647 g/mol. The minimum atomic E-state index is 0.589. The number of hydrogen-bond acceptors (Lipinski definition) is 4. The Kier molecular flexibility index (Phi) is 7.43. The van der Waals surface area contributed by atoms with Gasteiger partial charge < -0.3 is 4.42 Å². The standard InChI is InChI=1S/C49H31N3O/c1-3-11-32(12-4-1)38-17-9-18-40(30-38)42-19-10-20-44-46(42)43-28-27-41(31-45(43)53-44)49-51-47(35-14-5-2-6-15-35)50-48(52-49)36-24-21-34(22-25-36)39-26-23-33-13-7-8-16-37(33)29-39/h1-31H. The third kappa shape index (κ3) is 5.73. The molecule has 10 rings (SSSR count). The molecule has 0 unspecified atom stereocenters. The summed E-state index contributed by atoms with van der Waals surface area (Å²) in [5.41, 5.74) is 11.3. The Morgan fingerprint density at radius 2 is 0.830 bits per heavy atom. The van der Waals surface area contributed by atoms with Crippen molar-refractivity contribution < 1.29 is 4.42 Å². The Labute approximate surface area is 306 Å². The van der Waals surface area contributed by atoms with Gasteiger partial charge in [-0.25, -0.2) is 15.0 Å². The minimum absolute atomic E-state index is 0.589. The molecule has 0 atom stereocenters. The second-order valence-corrected chi connectivity index (χ2v) is 13.3. The molecule has 2 aromatic heterocycles. The van der Waals surface area contributed by atoms with Gasteiger partial charge in [0.25, 0.3) is 0 Å². The first-order chi connectivity index (χ1) is 26.2. The molecule has 0 spiro atoms. The average Bonchev–Trinajstić information content (AvgIpc) is 3.62. The van der Waals surface area contributed by atoms with Crippen molar-refractivity contribution in [3.63, 3.8) is 0 Å². The number of hydrogen-bond donors (Lipinski definition) is 0. The number of nitrogens with zero attached hydrogens (tertiary/aromatic N) is 3. The highest BCUT2D eigenvalue weighted by atomic mass is 16.3.